The summed E-state index contributed by atoms with van der Waals surface area (Å²) in [5.41, 5.74) is 9.84. The molecule has 0 unspecified atom stereocenters. The summed E-state index contributed by atoms with van der Waals surface area (Å²) in [5.74, 6) is 0.167. The maximum absolute atomic E-state index is 12.0. The number of likely N-dealkylation sites (tertiary alicyclic amines) is 1. The Morgan fingerprint density at radius 2 is 1.94 bits per heavy atom. The lowest BCUT2D eigenvalue weighted by Crippen LogP contribution is -2.37. The fourth-order valence-electron chi connectivity index (χ4n) is 2.75. The fraction of sp³-hybridized carbons (Fsp3) is 0.533. The Morgan fingerprint density at radius 1 is 1.28 bits per heavy atom. The third kappa shape index (κ3) is 2.15. The van der Waals surface area contributed by atoms with Crippen LogP contribution >= 0.6 is 0 Å². The summed E-state index contributed by atoms with van der Waals surface area (Å²) >= 11 is 0. The van der Waals surface area contributed by atoms with Gasteiger partial charge in [-0.25, -0.2) is 0 Å². The van der Waals surface area contributed by atoms with Gasteiger partial charge in [0.15, 0.2) is 0 Å². The highest BCUT2D eigenvalue weighted by Gasteiger charge is 2.39. The van der Waals surface area contributed by atoms with Crippen LogP contribution < -0.4 is 5.73 Å². The van der Waals surface area contributed by atoms with Crippen molar-refractivity contribution in [2.24, 2.45) is 5.73 Å². The first-order valence-electron chi connectivity index (χ1n) is 6.55. The second-order valence-corrected chi connectivity index (χ2v) is 5.55. The molecule has 3 nitrogen and oxygen atoms in total. The third-order valence-electron chi connectivity index (χ3n) is 3.83. The minimum absolute atomic E-state index is 0.0248. The summed E-state index contributed by atoms with van der Waals surface area (Å²) in [6, 6.07) is 6.49. The van der Waals surface area contributed by atoms with Crippen molar-refractivity contribution in [3.63, 3.8) is 0 Å². The molecule has 1 aliphatic rings. The molecular weight excluding hydrogens is 224 g/mol. The number of rotatable bonds is 2. The SMILES string of the molecule is Cc1ccc([C@@H]2[C@@H](N)CC(=O)N2C(C)C)cc1C. The molecule has 18 heavy (non-hydrogen) atoms. The molecule has 0 spiro atoms. The van der Waals surface area contributed by atoms with Crippen LogP contribution in [0.15, 0.2) is 18.2 Å². The van der Waals surface area contributed by atoms with Crippen LogP contribution in [0.1, 0.15) is 43.0 Å². The van der Waals surface area contributed by atoms with Gasteiger partial charge in [0.05, 0.1) is 6.04 Å². The molecule has 2 N–H and O–H groups in total. The molecule has 3 heteroatoms. The van der Waals surface area contributed by atoms with Gasteiger partial charge in [-0.3, -0.25) is 4.79 Å². The Bertz CT molecular complexity index is 468. The third-order valence-corrected chi connectivity index (χ3v) is 3.83. The topological polar surface area (TPSA) is 46.3 Å². The number of aryl methyl sites for hydroxylation is 2. The summed E-state index contributed by atoms with van der Waals surface area (Å²) in [6.07, 6.45) is 0.454. The number of carbonyl (C=O) groups excluding carboxylic acids is 1. The molecule has 0 radical (unpaired) electrons. The van der Waals surface area contributed by atoms with E-state index in [-0.39, 0.29) is 24.0 Å². The summed E-state index contributed by atoms with van der Waals surface area (Å²) in [6.45, 7) is 8.29. The molecule has 2 atom stereocenters. The van der Waals surface area contributed by atoms with E-state index in [9.17, 15) is 4.79 Å². The van der Waals surface area contributed by atoms with Crippen molar-refractivity contribution in [2.75, 3.05) is 0 Å². The monoisotopic (exact) mass is 246 g/mol. The molecule has 2 rings (SSSR count). The Balaban J connectivity index is 2.40. The van der Waals surface area contributed by atoms with Crippen molar-refractivity contribution >= 4 is 5.91 Å². The molecule has 1 aromatic rings. The van der Waals surface area contributed by atoms with Gasteiger partial charge in [0, 0.05) is 18.5 Å². The van der Waals surface area contributed by atoms with Gasteiger partial charge in [-0.15, -0.1) is 0 Å². The van der Waals surface area contributed by atoms with Crippen molar-refractivity contribution in [1.82, 2.24) is 4.90 Å². The summed E-state index contributed by atoms with van der Waals surface area (Å²) in [5, 5.41) is 0. The molecule has 1 aliphatic heterocycles. The first-order chi connectivity index (χ1) is 8.41. The average Bonchev–Trinajstić information content (AvgIpc) is 2.57. The quantitative estimate of drug-likeness (QED) is 0.870. The molecule has 1 heterocycles. The van der Waals surface area contributed by atoms with Gasteiger partial charge in [0.25, 0.3) is 0 Å². The van der Waals surface area contributed by atoms with Gasteiger partial charge in [-0.1, -0.05) is 18.2 Å². The van der Waals surface area contributed by atoms with E-state index in [1.54, 1.807) is 0 Å². The van der Waals surface area contributed by atoms with E-state index in [0.717, 1.165) is 5.56 Å². The zero-order valence-electron chi connectivity index (χ0n) is 11.6. The lowest BCUT2D eigenvalue weighted by atomic mass is 9.96. The predicted molar refractivity (Wildman–Crippen MR) is 73.2 cm³/mol. The molecule has 1 saturated heterocycles. The molecule has 1 fully saturated rings. The van der Waals surface area contributed by atoms with Crippen LogP contribution in [0.3, 0.4) is 0 Å². The van der Waals surface area contributed by atoms with E-state index in [1.165, 1.54) is 11.1 Å². The molecular formula is C15H22N2O. The minimum atomic E-state index is -0.0954. The van der Waals surface area contributed by atoms with Gasteiger partial charge >= 0.3 is 0 Å². The standard InChI is InChI=1S/C15H22N2O/c1-9(2)17-14(18)8-13(16)15(17)12-6-5-10(3)11(4)7-12/h5-7,9,13,15H,8,16H2,1-4H3/t13-,15+/m0/s1. The molecule has 1 amide bonds. The number of hydrogen-bond acceptors (Lipinski definition) is 2. The van der Waals surface area contributed by atoms with E-state index in [1.807, 2.05) is 18.7 Å². The number of benzene rings is 1. The molecule has 0 bridgehead atoms. The van der Waals surface area contributed by atoms with Crippen molar-refractivity contribution in [3.05, 3.63) is 34.9 Å². The normalized spacial score (nSPS) is 24.1. The average molecular weight is 246 g/mol. The maximum atomic E-state index is 12.0. The molecule has 0 aromatic heterocycles. The highest BCUT2D eigenvalue weighted by Crippen LogP contribution is 2.34. The zero-order valence-corrected chi connectivity index (χ0v) is 11.6. The van der Waals surface area contributed by atoms with Crippen LogP contribution in [0.5, 0.6) is 0 Å². The van der Waals surface area contributed by atoms with E-state index in [2.05, 4.69) is 32.0 Å². The van der Waals surface area contributed by atoms with E-state index in [4.69, 9.17) is 5.73 Å². The van der Waals surface area contributed by atoms with Gasteiger partial charge in [-0.2, -0.15) is 0 Å². The largest absolute Gasteiger partial charge is 0.332 e. The second-order valence-electron chi connectivity index (χ2n) is 5.55. The van der Waals surface area contributed by atoms with E-state index in [0.29, 0.717) is 6.42 Å². The van der Waals surface area contributed by atoms with Crippen molar-refractivity contribution in [1.29, 1.82) is 0 Å². The Hall–Kier alpha value is -1.35. The maximum Gasteiger partial charge on any atom is 0.225 e. The van der Waals surface area contributed by atoms with Gasteiger partial charge in [0.1, 0.15) is 0 Å². The smallest absolute Gasteiger partial charge is 0.225 e. The lowest BCUT2D eigenvalue weighted by molar-refractivity contribution is -0.130. The number of amides is 1. The molecule has 1 aromatic carbocycles. The highest BCUT2D eigenvalue weighted by molar-refractivity contribution is 5.80. The number of carbonyl (C=O) groups is 1. The fourth-order valence-corrected chi connectivity index (χ4v) is 2.75. The Kier molecular flexibility index (Phi) is 3.44. The van der Waals surface area contributed by atoms with E-state index < -0.39 is 0 Å². The summed E-state index contributed by atoms with van der Waals surface area (Å²) in [4.78, 5) is 13.9. The van der Waals surface area contributed by atoms with Crippen LogP contribution in [0.2, 0.25) is 0 Å². The van der Waals surface area contributed by atoms with Crippen LogP contribution in [0, 0.1) is 13.8 Å². The first kappa shape index (κ1) is 13.1. The Morgan fingerprint density at radius 3 is 2.50 bits per heavy atom. The van der Waals surface area contributed by atoms with Crippen molar-refractivity contribution in [3.8, 4) is 0 Å². The molecule has 0 aliphatic carbocycles. The summed E-state index contributed by atoms with van der Waals surface area (Å²) < 4.78 is 0. The highest BCUT2D eigenvalue weighted by atomic mass is 16.2. The minimum Gasteiger partial charge on any atom is -0.332 e. The molecule has 98 valence electrons. The van der Waals surface area contributed by atoms with Crippen LogP contribution in [-0.4, -0.2) is 22.9 Å². The second kappa shape index (κ2) is 4.73. The van der Waals surface area contributed by atoms with Crippen LogP contribution in [0.4, 0.5) is 0 Å². The van der Waals surface area contributed by atoms with Crippen LogP contribution in [-0.2, 0) is 4.79 Å². The summed E-state index contributed by atoms with van der Waals surface area (Å²) in [7, 11) is 0. The predicted octanol–water partition coefficient (Wildman–Crippen LogP) is 2.31. The number of nitrogens with two attached hydrogens (primary N) is 1. The first-order valence-corrected chi connectivity index (χ1v) is 6.55. The van der Waals surface area contributed by atoms with Gasteiger partial charge in [0.2, 0.25) is 5.91 Å². The van der Waals surface area contributed by atoms with Crippen LogP contribution in [0.25, 0.3) is 0 Å². The van der Waals surface area contributed by atoms with E-state index >= 15 is 0 Å². The number of hydrogen-bond donors (Lipinski definition) is 1. The zero-order chi connectivity index (χ0) is 13.4. The van der Waals surface area contributed by atoms with Crippen molar-refractivity contribution in [2.45, 2.75) is 52.2 Å². The van der Waals surface area contributed by atoms with Gasteiger partial charge in [-0.05, 0) is 44.4 Å². The number of nitrogens with zero attached hydrogens (tertiary/aromatic N) is 1. The van der Waals surface area contributed by atoms with Gasteiger partial charge < -0.3 is 10.6 Å². The van der Waals surface area contributed by atoms with Crippen molar-refractivity contribution < 1.29 is 4.79 Å². The molecule has 0 saturated carbocycles. The lowest BCUT2D eigenvalue weighted by Gasteiger charge is -2.31. The Labute approximate surface area is 109 Å².